The van der Waals surface area contributed by atoms with E-state index in [2.05, 4.69) is 36.1 Å². The lowest BCUT2D eigenvalue weighted by atomic mass is 9.81. The highest BCUT2D eigenvalue weighted by molar-refractivity contribution is 7.13. The molecule has 0 radical (unpaired) electrons. The van der Waals surface area contributed by atoms with Crippen LogP contribution in [0.5, 0.6) is 5.75 Å². The fourth-order valence-corrected chi connectivity index (χ4v) is 4.05. The van der Waals surface area contributed by atoms with Crippen LogP contribution in [0.4, 0.5) is 5.13 Å². The molecule has 1 saturated carbocycles. The minimum atomic E-state index is -0.0278. The number of anilines is 1. The molecule has 0 aliphatic heterocycles. The van der Waals surface area contributed by atoms with Crippen LogP contribution >= 0.6 is 11.3 Å². The number of aromatic nitrogens is 2. The molecular formula is C21H23N3O2S. The lowest BCUT2D eigenvalue weighted by Gasteiger charge is -2.34. The first-order chi connectivity index (χ1) is 12.9. The van der Waals surface area contributed by atoms with Gasteiger partial charge in [-0.2, -0.15) is 0 Å². The quantitative estimate of drug-likeness (QED) is 0.706. The summed E-state index contributed by atoms with van der Waals surface area (Å²) in [4.78, 5) is 21.4. The molecule has 1 amide bonds. The highest BCUT2D eigenvalue weighted by Crippen LogP contribution is 2.35. The summed E-state index contributed by atoms with van der Waals surface area (Å²) in [6.07, 6.45) is 3.25. The standard InChI is InChI=1S/C21H23N3O2S/c1-21(2,3)17-12-27-20(23-17)24-19(25)14-10-15(11-14)26-16-8-4-6-13-7-5-9-22-18(13)16/h4-9,12,14-15H,10-11H2,1-3H3,(H,23,24,25). The summed E-state index contributed by atoms with van der Waals surface area (Å²) < 4.78 is 6.09. The molecule has 0 bridgehead atoms. The van der Waals surface area contributed by atoms with Crippen molar-refractivity contribution in [2.45, 2.75) is 45.1 Å². The first-order valence-electron chi connectivity index (χ1n) is 9.17. The SMILES string of the molecule is CC(C)(C)c1csc(NC(=O)C2CC(Oc3cccc4cccnc34)C2)n1. The number of pyridine rings is 1. The van der Waals surface area contributed by atoms with Crippen molar-refractivity contribution in [3.05, 3.63) is 47.6 Å². The summed E-state index contributed by atoms with van der Waals surface area (Å²) in [6, 6.07) is 9.86. The van der Waals surface area contributed by atoms with Gasteiger partial charge in [0.25, 0.3) is 0 Å². The highest BCUT2D eigenvalue weighted by atomic mass is 32.1. The second-order valence-electron chi connectivity index (χ2n) is 8.02. The number of nitrogens with one attached hydrogen (secondary N) is 1. The Morgan fingerprint density at radius 1 is 1.22 bits per heavy atom. The molecule has 0 atom stereocenters. The average molecular weight is 382 g/mol. The minimum Gasteiger partial charge on any atom is -0.488 e. The van der Waals surface area contributed by atoms with Gasteiger partial charge in [-0.1, -0.05) is 39.0 Å². The molecule has 27 heavy (non-hydrogen) atoms. The van der Waals surface area contributed by atoms with Gasteiger partial charge >= 0.3 is 0 Å². The van der Waals surface area contributed by atoms with Crippen LogP contribution in [-0.2, 0) is 10.2 Å². The molecule has 4 rings (SSSR count). The summed E-state index contributed by atoms with van der Waals surface area (Å²) in [5, 5.41) is 6.69. The molecule has 0 spiro atoms. The van der Waals surface area contributed by atoms with E-state index in [0.717, 1.165) is 22.3 Å². The van der Waals surface area contributed by atoms with E-state index in [1.54, 1.807) is 6.20 Å². The van der Waals surface area contributed by atoms with E-state index in [-0.39, 0.29) is 23.3 Å². The van der Waals surface area contributed by atoms with Crippen LogP contribution in [0.1, 0.15) is 39.3 Å². The molecule has 1 aliphatic carbocycles. The largest absolute Gasteiger partial charge is 0.488 e. The molecule has 1 fully saturated rings. The Balaban J connectivity index is 1.34. The summed E-state index contributed by atoms with van der Waals surface area (Å²) in [6.45, 7) is 6.34. The van der Waals surface area contributed by atoms with Crippen LogP contribution in [0.2, 0.25) is 0 Å². The van der Waals surface area contributed by atoms with Gasteiger partial charge < -0.3 is 10.1 Å². The minimum absolute atomic E-state index is 0.0125. The van der Waals surface area contributed by atoms with Gasteiger partial charge in [-0.15, -0.1) is 11.3 Å². The molecular weight excluding hydrogens is 358 g/mol. The number of hydrogen-bond donors (Lipinski definition) is 1. The van der Waals surface area contributed by atoms with E-state index in [1.165, 1.54) is 11.3 Å². The number of nitrogens with zero attached hydrogens (tertiary/aromatic N) is 2. The number of amides is 1. The van der Waals surface area contributed by atoms with Crippen LogP contribution in [-0.4, -0.2) is 22.0 Å². The number of thiazole rings is 1. The maximum atomic E-state index is 12.5. The molecule has 140 valence electrons. The summed E-state index contributed by atoms with van der Waals surface area (Å²) in [5.74, 6) is 0.785. The number of carbonyl (C=O) groups excluding carboxylic acids is 1. The smallest absolute Gasteiger partial charge is 0.229 e. The van der Waals surface area contributed by atoms with E-state index in [4.69, 9.17) is 4.74 Å². The van der Waals surface area contributed by atoms with Crippen LogP contribution in [0.3, 0.4) is 0 Å². The van der Waals surface area contributed by atoms with Gasteiger partial charge in [-0.3, -0.25) is 9.78 Å². The fourth-order valence-electron chi connectivity index (χ4n) is 3.11. The normalized spacial score (nSPS) is 19.5. The summed E-state index contributed by atoms with van der Waals surface area (Å²) >= 11 is 1.48. The van der Waals surface area contributed by atoms with Crippen molar-refractivity contribution in [3.8, 4) is 5.75 Å². The van der Waals surface area contributed by atoms with Crippen LogP contribution in [0.25, 0.3) is 10.9 Å². The Morgan fingerprint density at radius 2 is 2.00 bits per heavy atom. The Labute approximate surface area is 162 Å². The number of fused-ring (bicyclic) bond motifs is 1. The van der Waals surface area contributed by atoms with Crippen LogP contribution in [0.15, 0.2) is 41.9 Å². The average Bonchev–Trinajstić information content (AvgIpc) is 3.06. The topological polar surface area (TPSA) is 64.1 Å². The number of hydrogen-bond acceptors (Lipinski definition) is 5. The zero-order valence-corrected chi connectivity index (χ0v) is 16.5. The van der Waals surface area contributed by atoms with Crippen molar-refractivity contribution in [1.29, 1.82) is 0 Å². The van der Waals surface area contributed by atoms with Gasteiger partial charge in [0.15, 0.2) is 5.13 Å². The second kappa shape index (κ2) is 6.93. The molecule has 6 heteroatoms. The van der Waals surface area contributed by atoms with Crippen molar-refractivity contribution in [2.24, 2.45) is 5.92 Å². The second-order valence-corrected chi connectivity index (χ2v) is 8.87. The van der Waals surface area contributed by atoms with E-state index in [1.807, 2.05) is 35.7 Å². The summed E-state index contributed by atoms with van der Waals surface area (Å²) in [5.41, 5.74) is 1.85. The third-order valence-electron chi connectivity index (χ3n) is 4.86. The number of carbonyl (C=O) groups is 1. The van der Waals surface area contributed by atoms with Crippen molar-refractivity contribution >= 4 is 33.3 Å². The lowest BCUT2D eigenvalue weighted by molar-refractivity contribution is -0.125. The maximum absolute atomic E-state index is 12.5. The highest BCUT2D eigenvalue weighted by Gasteiger charge is 2.36. The molecule has 5 nitrogen and oxygen atoms in total. The van der Waals surface area contributed by atoms with Gasteiger partial charge in [0.1, 0.15) is 17.4 Å². The molecule has 1 aromatic carbocycles. The van der Waals surface area contributed by atoms with Crippen molar-refractivity contribution in [3.63, 3.8) is 0 Å². The predicted molar refractivity (Wildman–Crippen MR) is 108 cm³/mol. The van der Waals surface area contributed by atoms with Crippen molar-refractivity contribution in [1.82, 2.24) is 9.97 Å². The van der Waals surface area contributed by atoms with Crippen LogP contribution in [0, 0.1) is 5.92 Å². The molecule has 3 aromatic rings. The van der Waals surface area contributed by atoms with Gasteiger partial charge in [0.2, 0.25) is 5.91 Å². The van der Waals surface area contributed by atoms with E-state index in [0.29, 0.717) is 18.0 Å². The van der Waals surface area contributed by atoms with E-state index >= 15 is 0 Å². The zero-order chi connectivity index (χ0) is 19.0. The first kappa shape index (κ1) is 17.9. The number of para-hydroxylation sites is 1. The number of rotatable bonds is 4. The van der Waals surface area contributed by atoms with Gasteiger partial charge in [-0.25, -0.2) is 4.98 Å². The third-order valence-corrected chi connectivity index (χ3v) is 5.62. The van der Waals surface area contributed by atoms with Gasteiger partial charge in [0.05, 0.1) is 5.69 Å². The molecule has 0 unspecified atom stereocenters. The number of benzene rings is 1. The fraction of sp³-hybridized carbons (Fsp3) is 0.381. The van der Waals surface area contributed by atoms with Gasteiger partial charge in [-0.05, 0) is 25.0 Å². The molecule has 1 aliphatic rings. The Hall–Kier alpha value is -2.47. The van der Waals surface area contributed by atoms with E-state index < -0.39 is 0 Å². The van der Waals surface area contributed by atoms with Crippen molar-refractivity contribution in [2.75, 3.05) is 5.32 Å². The lowest BCUT2D eigenvalue weighted by Crippen LogP contribution is -2.40. The Kier molecular flexibility index (Phi) is 4.60. The molecule has 0 saturated heterocycles. The maximum Gasteiger partial charge on any atom is 0.229 e. The monoisotopic (exact) mass is 381 g/mol. The van der Waals surface area contributed by atoms with Crippen LogP contribution < -0.4 is 10.1 Å². The number of ether oxygens (including phenoxy) is 1. The third kappa shape index (κ3) is 3.81. The Bertz CT molecular complexity index is 965. The van der Waals surface area contributed by atoms with E-state index in [9.17, 15) is 4.79 Å². The molecule has 1 N–H and O–H groups in total. The van der Waals surface area contributed by atoms with Crippen molar-refractivity contribution < 1.29 is 9.53 Å². The molecule has 2 heterocycles. The summed E-state index contributed by atoms with van der Waals surface area (Å²) in [7, 11) is 0. The van der Waals surface area contributed by atoms with Gasteiger partial charge in [0, 0.05) is 28.3 Å². The molecule has 2 aromatic heterocycles. The first-order valence-corrected chi connectivity index (χ1v) is 10.1. The Morgan fingerprint density at radius 3 is 2.74 bits per heavy atom. The predicted octanol–water partition coefficient (Wildman–Crippen LogP) is 4.78. The zero-order valence-electron chi connectivity index (χ0n) is 15.7.